The van der Waals surface area contributed by atoms with E-state index in [-0.39, 0.29) is 11.9 Å². The highest BCUT2D eigenvalue weighted by Crippen LogP contribution is 2.40. The third kappa shape index (κ3) is 2.38. The molecule has 4 heteroatoms. The van der Waals surface area contributed by atoms with Crippen molar-refractivity contribution in [1.29, 1.82) is 0 Å². The van der Waals surface area contributed by atoms with Crippen LogP contribution in [0.15, 0.2) is 46.9 Å². The molecule has 1 aliphatic rings. The topological polar surface area (TPSA) is 29.5 Å². The number of fused-ring (bicyclic) bond motifs is 1. The van der Waals surface area contributed by atoms with Gasteiger partial charge < -0.3 is 9.84 Å². The highest BCUT2D eigenvalue weighted by atomic mass is 79.9. The lowest BCUT2D eigenvalue weighted by Crippen LogP contribution is -2.19. The van der Waals surface area contributed by atoms with Crippen LogP contribution < -0.4 is 4.74 Å². The lowest BCUT2D eigenvalue weighted by Gasteiger charge is -2.30. The van der Waals surface area contributed by atoms with Gasteiger partial charge in [0.25, 0.3) is 0 Å². The summed E-state index contributed by atoms with van der Waals surface area (Å²) in [7, 11) is 0. The van der Waals surface area contributed by atoms with Crippen molar-refractivity contribution in [3.8, 4) is 5.75 Å². The third-order valence-corrected chi connectivity index (χ3v) is 3.91. The van der Waals surface area contributed by atoms with Crippen LogP contribution in [-0.2, 0) is 0 Å². The Morgan fingerprint density at radius 1 is 1.21 bits per heavy atom. The molecule has 2 aromatic rings. The molecule has 3 rings (SSSR count). The number of rotatable bonds is 1. The van der Waals surface area contributed by atoms with E-state index in [9.17, 15) is 9.50 Å². The summed E-state index contributed by atoms with van der Waals surface area (Å²) in [6.45, 7) is 0. The molecule has 19 heavy (non-hydrogen) atoms. The molecule has 0 radical (unpaired) electrons. The van der Waals surface area contributed by atoms with Crippen molar-refractivity contribution in [2.75, 3.05) is 0 Å². The summed E-state index contributed by atoms with van der Waals surface area (Å²) in [6, 6.07) is 12.2. The van der Waals surface area contributed by atoms with Crippen LogP contribution in [-0.4, -0.2) is 5.11 Å². The van der Waals surface area contributed by atoms with Gasteiger partial charge in [-0.25, -0.2) is 4.39 Å². The second-order valence-corrected chi connectivity index (χ2v) is 5.42. The summed E-state index contributed by atoms with van der Waals surface area (Å²) in [5, 5.41) is 10.2. The summed E-state index contributed by atoms with van der Waals surface area (Å²) in [4.78, 5) is 0. The number of aliphatic hydroxyl groups excluding tert-OH is 1. The van der Waals surface area contributed by atoms with E-state index in [0.29, 0.717) is 16.6 Å². The van der Waals surface area contributed by atoms with Gasteiger partial charge in [-0.15, -0.1) is 0 Å². The first-order valence-corrected chi connectivity index (χ1v) is 6.83. The van der Waals surface area contributed by atoms with Crippen molar-refractivity contribution in [2.45, 2.75) is 18.6 Å². The van der Waals surface area contributed by atoms with Gasteiger partial charge in [-0.05, 0) is 39.7 Å². The molecule has 2 aromatic carbocycles. The third-order valence-electron chi connectivity index (χ3n) is 3.30. The normalized spacial score (nSPS) is 21.6. The first-order valence-electron chi connectivity index (χ1n) is 6.04. The molecule has 0 bridgehead atoms. The quantitative estimate of drug-likeness (QED) is 0.854. The van der Waals surface area contributed by atoms with Gasteiger partial charge in [0.05, 0.1) is 10.6 Å². The van der Waals surface area contributed by atoms with Gasteiger partial charge in [0.1, 0.15) is 17.7 Å². The van der Waals surface area contributed by atoms with E-state index in [1.54, 1.807) is 12.1 Å². The molecule has 1 aliphatic heterocycles. The van der Waals surface area contributed by atoms with E-state index >= 15 is 0 Å². The molecule has 0 saturated carbocycles. The maximum Gasteiger partial charge on any atom is 0.137 e. The molecule has 98 valence electrons. The summed E-state index contributed by atoms with van der Waals surface area (Å²) in [5.74, 6) is 0.382. The van der Waals surface area contributed by atoms with E-state index in [0.717, 1.165) is 11.1 Å². The highest BCUT2D eigenvalue weighted by molar-refractivity contribution is 9.10. The Balaban J connectivity index is 1.94. The number of benzene rings is 2. The molecule has 0 fully saturated rings. The molecule has 1 N–H and O–H groups in total. The minimum atomic E-state index is -0.557. The molecule has 0 amide bonds. The smallest absolute Gasteiger partial charge is 0.137 e. The Hall–Kier alpha value is -1.39. The molecule has 2 atom stereocenters. The van der Waals surface area contributed by atoms with Crippen LogP contribution in [0.5, 0.6) is 5.75 Å². The van der Waals surface area contributed by atoms with Crippen LogP contribution in [0.1, 0.15) is 29.8 Å². The van der Waals surface area contributed by atoms with Crippen molar-refractivity contribution >= 4 is 15.9 Å². The first-order chi connectivity index (χ1) is 9.15. The standard InChI is InChI=1S/C15H12BrFO2/c16-11-7-9(5-6-12(11)17)15-8-13(18)10-3-1-2-4-14(10)19-15/h1-7,13,15,18H,8H2/t13-,15?/m1/s1. The average Bonchev–Trinajstić information content (AvgIpc) is 2.42. The minimum Gasteiger partial charge on any atom is -0.485 e. The van der Waals surface area contributed by atoms with Crippen LogP contribution in [0.2, 0.25) is 0 Å². The Bertz CT molecular complexity index is 615. The summed E-state index contributed by atoms with van der Waals surface area (Å²) in [5.41, 5.74) is 1.65. The largest absolute Gasteiger partial charge is 0.485 e. The van der Waals surface area contributed by atoms with Crippen molar-refractivity contribution in [3.05, 3.63) is 63.9 Å². The van der Waals surface area contributed by atoms with Gasteiger partial charge in [-0.1, -0.05) is 24.3 Å². The van der Waals surface area contributed by atoms with Crippen LogP contribution in [0.25, 0.3) is 0 Å². The number of hydrogen-bond donors (Lipinski definition) is 1. The second-order valence-electron chi connectivity index (χ2n) is 4.57. The fourth-order valence-electron chi connectivity index (χ4n) is 2.31. The van der Waals surface area contributed by atoms with E-state index in [2.05, 4.69) is 15.9 Å². The van der Waals surface area contributed by atoms with Gasteiger partial charge >= 0.3 is 0 Å². The van der Waals surface area contributed by atoms with Gasteiger partial charge in [0.2, 0.25) is 0 Å². The lowest BCUT2D eigenvalue weighted by atomic mass is 9.95. The molecule has 1 unspecified atom stereocenters. The predicted octanol–water partition coefficient (Wildman–Crippen LogP) is 4.15. The van der Waals surface area contributed by atoms with Gasteiger partial charge in [-0.2, -0.15) is 0 Å². The monoisotopic (exact) mass is 322 g/mol. The maximum absolute atomic E-state index is 13.2. The lowest BCUT2D eigenvalue weighted by molar-refractivity contribution is 0.0657. The molecular formula is C15H12BrFO2. The summed E-state index contributed by atoms with van der Waals surface area (Å²) in [6.07, 6.45) is -0.352. The van der Waals surface area contributed by atoms with Crippen LogP contribution in [0.3, 0.4) is 0 Å². The molecule has 1 heterocycles. The van der Waals surface area contributed by atoms with Crippen molar-refractivity contribution < 1.29 is 14.2 Å². The number of aliphatic hydroxyl groups is 1. The zero-order chi connectivity index (χ0) is 13.4. The Kier molecular flexibility index (Phi) is 3.29. The van der Waals surface area contributed by atoms with E-state index < -0.39 is 6.10 Å². The summed E-state index contributed by atoms with van der Waals surface area (Å²) < 4.78 is 19.5. The van der Waals surface area contributed by atoms with Crippen molar-refractivity contribution in [1.82, 2.24) is 0 Å². The minimum absolute atomic E-state index is 0.262. The predicted molar refractivity (Wildman–Crippen MR) is 73.5 cm³/mol. The van der Waals surface area contributed by atoms with Crippen molar-refractivity contribution in [2.24, 2.45) is 0 Å². The molecule has 2 nitrogen and oxygen atoms in total. The fraction of sp³-hybridized carbons (Fsp3) is 0.200. The molecule has 0 saturated heterocycles. The van der Waals surface area contributed by atoms with Gasteiger partial charge in [0, 0.05) is 12.0 Å². The fourth-order valence-corrected chi connectivity index (χ4v) is 2.71. The summed E-state index contributed by atoms with van der Waals surface area (Å²) >= 11 is 3.17. The van der Waals surface area contributed by atoms with E-state index in [4.69, 9.17) is 4.74 Å². The van der Waals surface area contributed by atoms with Gasteiger partial charge in [0.15, 0.2) is 0 Å². The average molecular weight is 323 g/mol. The Morgan fingerprint density at radius 2 is 2.00 bits per heavy atom. The zero-order valence-corrected chi connectivity index (χ0v) is 11.6. The molecular weight excluding hydrogens is 311 g/mol. The van der Waals surface area contributed by atoms with Crippen LogP contribution in [0, 0.1) is 5.82 Å². The molecule has 0 spiro atoms. The van der Waals surface area contributed by atoms with Crippen LogP contribution >= 0.6 is 15.9 Å². The van der Waals surface area contributed by atoms with E-state index in [1.165, 1.54) is 6.07 Å². The number of ether oxygens (including phenoxy) is 1. The van der Waals surface area contributed by atoms with E-state index in [1.807, 2.05) is 24.3 Å². The number of halogens is 2. The number of para-hydroxylation sites is 1. The van der Waals surface area contributed by atoms with Crippen LogP contribution in [0.4, 0.5) is 4.39 Å². The zero-order valence-electron chi connectivity index (χ0n) is 10.0. The Morgan fingerprint density at radius 3 is 2.79 bits per heavy atom. The molecule has 0 aromatic heterocycles. The molecule has 0 aliphatic carbocycles. The Labute approximate surface area is 119 Å². The number of hydrogen-bond acceptors (Lipinski definition) is 2. The first kappa shape index (κ1) is 12.6. The SMILES string of the molecule is O[C@@H]1CC(c2ccc(F)c(Br)c2)Oc2ccccc21. The highest BCUT2D eigenvalue weighted by Gasteiger charge is 2.27. The second kappa shape index (κ2) is 4.94. The van der Waals surface area contributed by atoms with Gasteiger partial charge in [-0.3, -0.25) is 0 Å². The van der Waals surface area contributed by atoms with Crippen molar-refractivity contribution in [3.63, 3.8) is 0 Å². The maximum atomic E-state index is 13.2.